The smallest absolute Gasteiger partial charge is 0.337 e. The van der Waals surface area contributed by atoms with Gasteiger partial charge in [0, 0.05) is 13.2 Å². The number of phenolic OH excluding ortho intramolecular Hbond substituents is 1. The monoisotopic (exact) mass is 294 g/mol. The third-order valence-electron chi connectivity index (χ3n) is 3.26. The van der Waals surface area contributed by atoms with Gasteiger partial charge in [-0.2, -0.15) is 0 Å². The molecule has 7 heteroatoms. The Morgan fingerprint density at radius 1 is 1.38 bits per heavy atom. The van der Waals surface area contributed by atoms with E-state index in [-0.39, 0.29) is 23.1 Å². The molecule has 1 atom stereocenters. The van der Waals surface area contributed by atoms with Crippen molar-refractivity contribution in [2.45, 2.75) is 25.4 Å². The zero-order valence-corrected chi connectivity index (χ0v) is 11.5. The van der Waals surface area contributed by atoms with Crippen LogP contribution in [0.1, 0.15) is 29.6 Å². The zero-order chi connectivity index (χ0) is 15.2. The standard InChI is InChI=1S/C14H18N2O5/c17-9-3-4-12(11(8-9)13(18)19)16-14(20)15-6-5-10-2-1-7-21-10/h3-4,8,10,17H,1-2,5-7H2,(H,18,19)(H2,15,16,20). The summed E-state index contributed by atoms with van der Waals surface area (Å²) in [5.74, 6) is -1.39. The van der Waals surface area contributed by atoms with Crippen molar-refractivity contribution in [1.29, 1.82) is 0 Å². The van der Waals surface area contributed by atoms with Crippen LogP contribution in [-0.4, -0.2) is 41.5 Å². The third-order valence-corrected chi connectivity index (χ3v) is 3.26. The van der Waals surface area contributed by atoms with E-state index in [2.05, 4.69) is 10.6 Å². The van der Waals surface area contributed by atoms with Gasteiger partial charge in [0.2, 0.25) is 0 Å². The topological polar surface area (TPSA) is 108 Å². The number of benzene rings is 1. The van der Waals surface area contributed by atoms with Crippen LogP contribution in [0.25, 0.3) is 0 Å². The number of carboxylic acid groups (broad SMARTS) is 1. The van der Waals surface area contributed by atoms with Gasteiger partial charge in [0.05, 0.1) is 17.4 Å². The minimum absolute atomic E-state index is 0.134. The molecule has 0 saturated carbocycles. The predicted octanol–water partition coefficient (Wildman–Crippen LogP) is 1.78. The van der Waals surface area contributed by atoms with Gasteiger partial charge in [-0.05, 0) is 37.5 Å². The number of rotatable bonds is 5. The van der Waals surface area contributed by atoms with Crippen molar-refractivity contribution in [1.82, 2.24) is 5.32 Å². The van der Waals surface area contributed by atoms with Crippen LogP contribution in [0.15, 0.2) is 18.2 Å². The minimum Gasteiger partial charge on any atom is -0.508 e. The van der Waals surface area contributed by atoms with Crippen LogP contribution in [0, 0.1) is 0 Å². The molecule has 7 nitrogen and oxygen atoms in total. The molecular weight excluding hydrogens is 276 g/mol. The molecule has 4 N–H and O–H groups in total. The average Bonchev–Trinajstić information content (AvgIpc) is 2.94. The van der Waals surface area contributed by atoms with Gasteiger partial charge in [0.1, 0.15) is 5.75 Å². The van der Waals surface area contributed by atoms with Crippen LogP contribution in [0.3, 0.4) is 0 Å². The third kappa shape index (κ3) is 4.35. The number of carboxylic acids is 1. The SMILES string of the molecule is O=C(NCCC1CCCO1)Nc1ccc(O)cc1C(=O)O. The fourth-order valence-corrected chi connectivity index (χ4v) is 2.20. The Labute approximate surface area is 121 Å². The molecule has 1 saturated heterocycles. The first-order chi connectivity index (χ1) is 10.1. The molecule has 1 fully saturated rings. The summed E-state index contributed by atoms with van der Waals surface area (Å²) in [6.07, 6.45) is 2.97. The number of hydrogen-bond acceptors (Lipinski definition) is 4. The van der Waals surface area contributed by atoms with Crippen LogP contribution in [0.4, 0.5) is 10.5 Å². The Morgan fingerprint density at radius 2 is 2.19 bits per heavy atom. The maximum atomic E-state index is 11.7. The predicted molar refractivity (Wildman–Crippen MR) is 75.7 cm³/mol. The number of carbonyl (C=O) groups is 2. The van der Waals surface area contributed by atoms with E-state index >= 15 is 0 Å². The van der Waals surface area contributed by atoms with Crippen LogP contribution >= 0.6 is 0 Å². The molecule has 1 unspecified atom stereocenters. The molecule has 0 spiro atoms. The molecule has 0 aliphatic carbocycles. The summed E-state index contributed by atoms with van der Waals surface area (Å²) >= 11 is 0. The first kappa shape index (κ1) is 15.1. The minimum atomic E-state index is -1.22. The van der Waals surface area contributed by atoms with Crippen molar-refractivity contribution >= 4 is 17.7 Å². The van der Waals surface area contributed by atoms with Gasteiger partial charge in [0.15, 0.2) is 0 Å². The largest absolute Gasteiger partial charge is 0.508 e. The van der Waals surface area contributed by atoms with E-state index in [1.165, 1.54) is 12.1 Å². The second kappa shape index (κ2) is 6.94. The summed E-state index contributed by atoms with van der Waals surface area (Å²) in [5.41, 5.74) is -0.0285. The van der Waals surface area contributed by atoms with Gasteiger partial charge >= 0.3 is 12.0 Å². The molecule has 2 amide bonds. The second-order valence-corrected chi connectivity index (χ2v) is 4.84. The van der Waals surface area contributed by atoms with E-state index in [0.717, 1.165) is 31.9 Å². The number of ether oxygens (including phenoxy) is 1. The molecule has 1 aromatic carbocycles. The lowest BCUT2D eigenvalue weighted by molar-refractivity contribution is 0.0697. The van der Waals surface area contributed by atoms with E-state index in [1.807, 2.05) is 0 Å². The lowest BCUT2D eigenvalue weighted by atomic mass is 10.1. The summed E-state index contributed by atoms with van der Waals surface area (Å²) in [5, 5.41) is 23.4. The zero-order valence-electron chi connectivity index (χ0n) is 11.5. The van der Waals surface area contributed by atoms with Crippen molar-refractivity contribution < 1.29 is 24.5 Å². The molecular formula is C14H18N2O5. The highest BCUT2D eigenvalue weighted by Gasteiger charge is 2.16. The molecule has 1 aliphatic rings. The molecule has 0 bridgehead atoms. The van der Waals surface area contributed by atoms with Gasteiger partial charge in [-0.1, -0.05) is 0 Å². The molecule has 0 radical (unpaired) electrons. The Kier molecular flexibility index (Phi) is 4.99. The highest BCUT2D eigenvalue weighted by atomic mass is 16.5. The van der Waals surface area contributed by atoms with E-state index in [9.17, 15) is 14.7 Å². The number of phenols is 1. The Morgan fingerprint density at radius 3 is 2.86 bits per heavy atom. The number of carbonyl (C=O) groups excluding carboxylic acids is 1. The summed E-state index contributed by atoms with van der Waals surface area (Å²) in [7, 11) is 0. The lowest BCUT2D eigenvalue weighted by Gasteiger charge is -2.12. The molecule has 2 rings (SSSR count). The van der Waals surface area contributed by atoms with Gasteiger partial charge in [-0.15, -0.1) is 0 Å². The Bertz CT molecular complexity index is 526. The summed E-state index contributed by atoms with van der Waals surface area (Å²) in [6, 6.07) is 3.26. The Hall–Kier alpha value is -2.28. The molecule has 1 aromatic rings. The first-order valence-electron chi connectivity index (χ1n) is 6.79. The number of aromatic carboxylic acids is 1. The number of nitrogens with one attached hydrogen (secondary N) is 2. The van der Waals surface area contributed by atoms with Crippen LogP contribution < -0.4 is 10.6 Å². The van der Waals surface area contributed by atoms with E-state index in [0.29, 0.717) is 6.54 Å². The number of aromatic hydroxyl groups is 1. The van der Waals surface area contributed by atoms with Crippen molar-refractivity contribution in [2.24, 2.45) is 0 Å². The van der Waals surface area contributed by atoms with E-state index < -0.39 is 12.0 Å². The van der Waals surface area contributed by atoms with Crippen LogP contribution in [0.2, 0.25) is 0 Å². The normalized spacial score (nSPS) is 17.4. The fraction of sp³-hybridized carbons (Fsp3) is 0.429. The summed E-state index contributed by atoms with van der Waals surface area (Å²) in [6.45, 7) is 1.23. The number of anilines is 1. The maximum Gasteiger partial charge on any atom is 0.337 e. The van der Waals surface area contributed by atoms with Crippen LogP contribution in [-0.2, 0) is 4.74 Å². The van der Waals surface area contributed by atoms with Crippen LogP contribution in [0.5, 0.6) is 5.75 Å². The maximum absolute atomic E-state index is 11.7. The van der Waals surface area contributed by atoms with Crippen molar-refractivity contribution in [3.8, 4) is 5.75 Å². The molecule has 0 aromatic heterocycles. The number of hydrogen-bond donors (Lipinski definition) is 4. The van der Waals surface area contributed by atoms with Crippen molar-refractivity contribution in [3.05, 3.63) is 23.8 Å². The van der Waals surface area contributed by atoms with Gasteiger partial charge in [0.25, 0.3) is 0 Å². The molecule has 114 valence electrons. The summed E-state index contributed by atoms with van der Waals surface area (Å²) < 4.78 is 5.44. The van der Waals surface area contributed by atoms with Crippen molar-refractivity contribution in [3.63, 3.8) is 0 Å². The molecule has 1 heterocycles. The highest BCUT2D eigenvalue weighted by molar-refractivity contribution is 6.00. The lowest BCUT2D eigenvalue weighted by Crippen LogP contribution is -2.31. The number of amides is 2. The molecule has 21 heavy (non-hydrogen) atoms. The average molecular weight is 294 g/mol. The quantitative estimate of drug-likeness (QED) is 0.619. The van der Waals surface area contributed by atoms with Gasteiger partial charge in [-0.3, -0.25) is 0 Å². The summed E-state index contributed by atoms with van der Waals surface area (Å²) in [4.78, 5) is 22.8. The van der Waals surface area contributed by atoms with Gasteiger partial charge < -0.3 is 25.6 Å². The molecule has 1 aliphatic heterocycles. The van der Waals surface area contributed by atoms with Crippen molar-refractivity contribution in [2.75, 3.05) is 18.5 Å². The second-order valence-electron chi connectivity index (χ2n) is 4.84. The Balaban J connectivity index is 1.85. The fourth-order valence-electron chi connectivity index (χ4n) is 2.20. The highest BCUT2D eigenvalue weighted by Crippen LogP contribution is 2.21. The van der Waals surface area contributed by atoms with E-state index in [1.54, 1.807) is 0 Å². The van der Waals surface area contributed by atoms with Gasteiger partial charge in [-0.25, -0.2) is 9.59 Å². The first-order valence-corrected chi connectivity index (χ1v) is 6.79. The number of urea groups is 1. The van der Waals surface area contributed by atoms with E-state index in [4.69, 9.17) is 9.84 Å².